The summed E-state index contributed by atoms with van der Waals surface area (Å²) >= 11 is 0. The van der Waals surface area contributed by atoms with Crippen LogP contribution in [0, 0.1) is 0 Å². The van der Waals surface area contributed by atoms with Gasteiger partial charge in [-0.3, -0.25) is 4.79 Å². The minimum Gasteiger partial charge on any atom is -0.383 e. The first kappa shape index (κ1) is 14.3. The van der Waals surface area contributed by atoms with E-state index in [0.29, 0.717) is 11.5 Å². The number of nitrogens with two attached hydrogens (primary N) is 1. The van der Waals surface area contributed by atoms with E-state index in [4.69, 9.17) is 5.73 Å². The van der Waals surface area contributed by atoms with Gasteiger partial charge in [0.2, 0.25) is 0 Å². The van der Waals surface area contributed by atoms with Crippen LogP contribution in [0.1, 0.15) is 36.7 Å². The summed E-state index contributed by atoms with van der Waals surface area (Å²) in [5, 5.41) is 1.84. The zero-order valence-corrected chi connectivity index (χ0v) is 12.1. The van der Waals surface area contributed by atoms with Gasteiger partial charge in [-0.05, 0) is 17.9 Å². The number of hydrogen-bond donors (Lipinski definition) is 1. The van der Waals surface area contributed by atoms with Crippen LogP contribution in [0.15, 0.2) is 30.3 Å². The summed E-state index contributed by atoms with van der Waals surface area (Å²) in [6.07, 6.45) is 3.29. The van der Waals surface area contributed by atoms with Gasteiger partial charge >= 0.3 is 0 Å². The third-order valence-electron chi connectivity index (χ3n) is 3.43. The number of benzene rings is 1. The predicted octanol–water partition coefficient (Wildman–Crippen LogP) is 3.08. The summed E-state index contributed by atoms with van der Waals surface area (Å²) in [5.41, 5.74) is 6.35. The van der Waals surface area contributed by atoms with Crippen molar-refractivity contribution in [2.75, 3.05) is 19.3 Å². The smallest absolute Gasteiger partial charge is 0.272 e. The number of carbonyl (C=O) groups is 1. The number of anilines is 1. The van der Waals surface area contributed by atoms with Crippen LogP contribution in [0.3, 0.4) is 0 Å². The van der Waals surface area contributed by atoms with Crippen molar-refractivity contribution in [2.24, 2.45) is 0 Å². The molecule has 1 heterocycles. The van der Waals surface area contributed by atoms with Gasteiger partial charge in [-0.1, -0.05) is 44.0 Å². The number of carbonyl (C=O) groups excluding carboxylic acids is 1. The number of nitrogens with zero attached hydrogens (tertiary/aromatic N) is 2. The summed E-state index contributed by atoms with van der Waals surface area (Å²) in [5.74, 6) is 0.340. The first-order valence-corrected chi connectivity index (χ1v) is 7.04. The highest BCUT2D eigenvalue weighted by Crippen LogP contribution is 2.20. The Hall–Kier alpha value is -2.10. The van der Waals surface area contributed by atoms with E-state index in [9.17, 15) is 4.79 Å². The first-order valence-electron chi connectivity index (χ1n) is 7.04. The lowest BCUT2D eigenvalue weighted by Gasteiger charge is -2.17. The standard InChI is InChI=1S/C16H21N3O/c1-3-4-7-10-19(2)16(20)14-11-12-8-5-6-9-13(12)15(17)18-14/h5-6,8-9,11H,3-4,7,10H2,1-2H3,(H2,17,18). The lowest BCUT2D eigenvalue weighted by atomic mass is 10.1. The van der Waals surface area contributed by atoms with Crippen LogP contribution < -0.4 is 5.73 Å². The number of unbranched alkanes of at least 4 members (excludes halogenated alkanes) is 2. The van der Waals surface area contributed by atoms with Crippen molar-refractivity contribution in [1.82, 2.24) is 9.88 Å². The SMILES string of the molecule is CCCCCN(C)C(=O)c1cc2ccccc2c(N)n1. The highest BCUT2D eigenvalue weighted by atomic mass is 16.2. The second kappa shape index (κ2) is 6.37. The molecule has 0 aliphatic rings. The molecule has 4 nitrogen and oxygen atoms in total. The molecule has 0 bridgehead atoms. The molecule has 1 aromatic heterocycles. The molecule has 4 heteroatoms. The predicted molar refractivity (Wildman–Crippen MR) is 82.6 cm³/mol. The number of hydrogen-bond acceptors (Lipinski definition) is 3. The Bertz CT molecular complexity index is 610. The molecule has 0 aliphatic heterocycles. The molecule has 2 aromatic rings. The Balaban J connectivity index is 2.22. The Morgan fingerprint density at radius 3 is 2.80 bits per heavy atom. The van der Waals surface area contributed by atoms with Gasteiger partial charge in [0.1, 0.15) is 11.5 Å². The van der Waals surface area contributed by atoms with Crippen LogP contribution in [-0.2, 0) is 0 Å². The van der Waals surface area contributed by atoms with Crippen molar-refractivity contribution in [3.63, 3.8) is 0 Å². The number of nitrogen functional groups attached to an aromatic ring is 1. The first-order chi connectivity index (χ1) is 9.63. The quantitative estimate of drug-likeness (QED) is 0.850. The maximum atomic E-state index is 12.3. The number of fused-ring (bicyclic) bond motifs is 1. The minimum atomic E-state index is -0.0708. The third-order valence-corrected chi connectivity index (χ3v) is 3.43. The second-order valence-electron chi connectivity index (χ2n) is 5.05. The average Bonchev–Trinajstić information content (AvgIpc) is 2.46. The zero-order chi connectivity index (χ0) is 14.5. The van der Waals surface area contributed by atoms with Crippen molar-refractivity contribution >= 4 is 22.5 Å². The zero-order valence-electron chi connectivity index (χ0n) is 12.1. The minimum absolute atomic E-state index is 0.0708. The molecule has 0 saturated heterocycles. The molecule has 0 fully saturated rings. The lowest BCUT2D eigenvalue weighted by Crippen LogP contribution is -2.28. The third kappa shape index (κ3) is 3.07. The molecule has 1 amide bonds. The van der Waals surface area contributed by atoms with Gasteiger partial charge < -0.3 is 10.6 Å². The fourth-order valence-corrected chi connectivity index (χ4v) is 2.23. The van der Waals surface area contributed by atoms with E-state index in [1.54, 1.807) is 4.90 Å². The van der Waals surface area contributed by atoms with Crippen molar-refractivity contribution in [3.05, 3.63) is 36.0 Å². The van der Waals surface area contributed by atoms with E-state index >= 15 is 0 Å². The van der Waals surface area contributed by atoms with Gasteiger partial charge in [0.05, 0.1) is 0 Å². The Kier molecular flexibility index (Phi) is 4.56. The van der Waals surface area contributed by atoms with E-state index in [2.05, 4.69) is 11.9 Å². The van der Waals surface area contributed by atoms with Gasteiger partial charge in [0.25, 0.3) is 5.91 Å². The highest BCUT2D eigenvalue weighted by molar-refractivity contribution is 5.99. The van der Waals surface area contributed by atoms with Gasteiger partial charge in [-0.2, -0.15) is 0 Å². The Labute approximate surface area is 119 Å². The summed E-state index contributed by atoms with van der Waals surface area (Å²) < 4.78 is 0. The van der Waals surface area contributed by atoms with Crippen LogP contribution in [-0.4, -0.2) is 29.4 Å². The van der Waals surface area contributed by atoms with Crippen LogP contribution in [0.2, 0.25) is 0 Å². The van der Waals surface area contributed by atoms with Crippen LogP contribution in [0.25, 0.3) is 10.8 Å². The summed E-state index contributed by atoms with van der Waals surface area (Å²) in [6, 6.07) is 9.52. The number of aromatic nitrogens is 1. The van der Waals surface area contributed by atoms with Crippen molar-refractivity contribution in [1.29, 1.82) is 0 Å². The summed E-state index contributed by atoms with van der Waals surface area (Å²) in [4.78, 5) is 18.3. The number of rotatable bonds is 5. The molecular formula is C16H21N3O. The topological polar surface area (TPSA) is 59.2 Å². The largest absolute Gasteiger partial charge is 0.383 e. The van der Waals surface area contributed by atoms with Crippen LogP contribution >= 0.6 is 0 Å². The van der Waals surface area contributed by atoms with E-state index < -0.39 is 0 Å². The molecular weight excluding hydrogens is 250 g/mol. The fourth-order valence-electron chi connectivity index (χ4n) is 2.23. The molecule has 2 rings (SSSR count). The maximum Gasteiger partial charge on any atom is 0.272 e. The maximum absolute atomic E-state index is 12.3. The molecule has 0 aliphatic carbocycles. The molecule has 0 spiro atoms. The Morgan fingerprint density at radius 2 is 2.05 bits per heavy atom. The van der Waals surface area contributed by atoms with E-state index in [1.807, 2.05) is 37.4 Å². The molecule has 0 saturated carbocycles. The van der Waals surface area contributed by atoms with Gasteiger partial charge in [0.15, 0.2) is 0 Å². The normalized spacial score (nSPS) is 10.7. The van der Waals surface area contributed by atoms with Crippen molar-refractivity contribution in [2.45, 2.75) is 26.2 Å². The van der Waals surface area contributed by atoms with Crippen molar-refractivity contribution in [3.8, 4) is 0 Å². The van der Waals surface area contributed by atoms with E-state index in [-0.39, 0.29) is 5.91 Å². The number of amides is 1. The van der Waals surface area contributed by atoms with Crippen molar-refractivity contribution < 1.29 is 4.79 Å². The molecule has 0 atom stereocenters. The van der Waals surface area contributed by atoms with Crippen LogP contribution in [0.5, 0.6) is 0 Å². The van der Waals surface area contributed by atoms with E-state index in [0.717, 1.165) is 36.6 Å². The van der Waals surface area contributed by atoms with E-state index in [1.165, 1.54) is 0 Å². The second-order valence-corrected chi connectivity index (χ2v) is 5.05. The Morgan fingerprint density at radius 1 is 1.30 bits per heavy atom. The average molecular weight is 271 g/mol. The van der Waals surface area contributed by atoms with Gasteiger partial charge in [-0.15, -0.1) is 0 Å². The molecule has 1 aromatic carbocycles. The fraction of sp³-hybridized carbons (Fsp3) is 0.375. The number of pyridine rings is 1. The highest BCUT2D eigenvalue weighted by Gasteiger charge is 2.14. The molecule has 20 heavy (non-hydrogen) atoms. The summed E-state index contributed by atoms with van der Waals surface area (Å²) in [7, 11) is 1.81. The molecule has 0 radical (unpaired) electrons. The molecule has 0 unspecified atom stereocenters. The van der Waals surface area contributed by atoms with Gasteiger partial charge in [-0.25, -0.2) is 4.98 Å². The van der Waals surface area contributed by atoms with Crippen LogP contribution in [0.4, 0.5) is 5.82 Å². The van der Waals surface area contributed by atoms with Gasteiger partial charge in [0, 0.05) is 19.0 Å². The molecule has 106 valence electrons. The lowest BCUT2D eigenvalue weighted by molar-refractivity contribution is 0.0787. The molecule has 2 N–H and O–H groups in total. The monoisotopic (exact) mass is 271 g/mol. The summed E-state index contributed by atoms with van der Waals surface area (Å²) in [6.45, 7) is 2.90.